The highest BCUT2D eigenvalue weighted by molar-refractivity contribution is 5.76. The van der Waals surface area contributed by atoms with Crippen molar-refractivity contribution in [3.05, 3.63) is 0 Å². The van der Waals surface area contributed by atoms with E-state index in [0.29, 0.717) is 13.2 Å². The maximum atomic E-state index is 12.8. The van der Waals surface area contributed by atoms with Crippen LogP contribution in [0.5, 0.6) is 0 Å². The summed E-state index contributed by atoms with van der Waals surface area (Å²) in [5, 5.41) is 0. The first-order valence-electron chi connectivity index (χ1n) is 14.0. The van der Waals surface area contributed by atoms with Crippen molar-refractivity contribution in [2.45, 2.75) is 145 Å². The minimum Gasteiger partial charge on any atom is -0.465 e. The summed E-state index contributed by atoms with van der Waals surface area (Å²) in [6.07, 6.45) is 15.2. The van der Waals surface area contributed by atoms with Gasteiger partial charge in [-0.1, -0.05) is 92.4 Å². The molecular formula is C29H56O4. The Bertz CT molecular complexity index is 518. The molecular weight excluding hydrogens is 412 g/mol. The van der Waals surface area contributed by atoms with Gasteiger partial charge in [-0.2, -0.15) is 0 Å². The molecule has 0 saturated carbocycles. The lowest BCUT2D eigenvalue weighted by Crippen LogP contribution is -2.31. The maximum Gasteiger partial charge on any atom is 0.311 e. The SMILES string of the molecule is CCCCC(C)(CCC)C(=O)OCCCCOC(=O)C(C)(CCC)CCCC[C@H](C)CCC. The van der Waals surface area contributed by atoms with Crippen molar-refractivity contribution < 1.29 is 19.1 Å². The predicted octanol–water partition coefficient (Wildman–Crippen LogP) is 8.65. The van der Waals surface area contributed by atoms with Crippen LogP contribution in [0.25, 0.3) is 0 Å². The zero-order valence-electron chi connectivity index (χ0n) is 23.2. The van der Waals surface area contributed by atoms with Gasteiger partial charge in [0.15, 0.2) is 0 Å². The van der Waals surface area contributed by atoms with Crippen molar-refractivity contribution in [3.8, 4) is 0 Å². The molecule has 0 amide bonds. The fraction of sp³-hybridized carbons (Fsp3) is 0.931. The van der Waals surface area contributed by atoms with Gasteiger partial charge in [0.1, 0.15) is 0 Å². The number of carbonyl (C=O) groups excluding carboxylic acids is 2. The summed E-state index contributed by atoms with van der Waals surface area (Å²) in [5.74, 6) is 0.650. The second kappa shape index (κ2) is 18.3. The number of esters is 2. The summed E-state index contributed by atoms with van der Waals surface area (Å²) in [6, 6.07) is 0. The van der Waals surface area contributed by atoms with Crippen molar-refractivity contribution in [2.24, 2.45) is 16.7 Å². The third kappa shape index (κ3) is 13.4. The number of rotatable bonds is 21. The zero-order valence-corrected chi connectivity index (χ0v) is 23.2. The fourth-order valence-electron chi connectivity index (χ4n) is 4.86. The lowest BCUT2D eigenvalue weighted by Gasteiger charge is -2.27. The van der Waals surface area contributed by atoms with Crippen molar-refractivity contribution in [1.29, 1.82) is 0 Å². The van der Waals surface area contributed by atoms with Crippen LogP contribution >= 0.6 is 0 Å². The third-order valence-corrected chi connectivity index (χ3v) is 7.13. The number of unbranched alkanes of at least 4 members (excludes halogenated alkanes) is 3. The van der Waals surface area contributed by atoms with Crippen LogP contribution in [0.1, 0.15) is 145 Å². The van der Waals surface area contributed by atoms with Crippen molar-refractivity contribution in [2.75, 3.05) is 13.2 Å². The van der Waals surface area contributed by atoms with E-state index in [-0.39, 0.29) is 22.8 Å². The molecule has 0 N–H and O–H groups in total. The first-order chi connectivity index (χ1) is 15.7. The van der Waals surface area contributed by atoms with Crippen LogP contribution in [0.3, 0.4) is 0 Å². The molecule has 0 spiro atoms. The number of hydrogen-bond donors (Lipinski definition) is 0. The highest BCUT2D eigenvalue weighted by atomic mass is 16.5. The first-order valence-corrected chi connectivity index (χ1v) is 14.0. The van der Waals surface area contributed by atoms with Gasteiger partial charge in [-0.25, -0.2) is 0 Å². The van der Waals surface area contributed by atoms with E-state index in [9.17, 15) is 9.59 Å². The van der Waals surface area contributed by atoms with Gasteiger partial charge in [0.05, 0.1) is 24.0 Å². The standard InChI is InChI=1S/C29H56O4/c1-8-12-21-28(6,19-10-3)26(30)32-23-15-16-24-33-27(31)29(7,20-11-4)22-14-13-18-25(5)17-9-2/h25H,8-24H2,1-7H3/t25-,28?,29?/m1/s1. The Morgan fingerprint density at radius 3 is 1.52 bits per heavy atom. The van der Waals surface area contributed by atoms with Gasteiger partial charge in [-0.3, -0.25) is 9.59 Å². The predicted molar refractivity (Wildman–Crippen MR) is 139 cm³/mol. The minimum absolute atomic E-state index is 0.0574. The van der Waals surface area contributed by atoms with Gasteiger partial charge in [-0.15, -0.1) is 0 Å². The number of ether oxygens (including phenoxy) is 2. The van der Waals surface area contributed by atoms with E-state index in [1.165, 1.54) is 25.7 Å². The topological polar surface area (TPSA) is 52.6 Å². The molecule has 4 nitrogen and oxygen atoms in total. The average molecular weight is 469 g/mol. The lowest BCUT2D eigenvalue weighted by molar-refractivity contribution is -0.158. The van der Waals surface area contributed by atoms with Crippen molar-refractivity contribution in [3.63, 3.8) is 0 Å². The first kappa shape index (κ1) is 31.9. The van der Waals surface area contributed by atoms with E-state index in [0.717, 1.165) is 76.5 Å². The van der Waals surface area contributed by atoms with E-state index in [2.05, 4.69) is 41.5 Å². The van der Waals surface area contributed by atoms with Crippen molar-refractivity contribution >= 4 is 11.9 Å². The van der Waals surface area contributed by atoms with Crippen LogP contribution in [-0.4, -0.2) is 25.2 Å². The molecule has 2 unspecified atom stereocenters. The molecule has 0 radical (unpaired) electrons. The average Bonchev–Trinajstić information content (AvgIpc) is 2.77. The molecule has 0 aromatic heterocycles. The molecule has 33 heavy (non-hydrogen) atoms. The summed E-state index contributed by atoms with van der Waals surface area (Å²) in [7, 11) is 0. The Morgan fingerprint density at radius 1 is 0.606 bits per heavy atom. The van der Waals surface area contributed by atoms with Gasteiger partial charge >= 0.3 is 11.9 Å². The molecule has 4 heteroatoms. The van der Waals surface area contributed by atoms with Gasteiger partial charge in [0.25, 0.3) is 0 Å². The summed E-state index contributed by atoms with van der Waals surface area (Å²) < 4.78 is 11.3. The summed E-state index contributed by atoms with van der Waals surface area (Å²) in [6.45, 7) is 15.9. The van der Waals surface area contributed by atoms with E-state index < -0.39 is 0 Å². The molecule has 0 rings (SSSR count). The van der Waals surface area contributed by atoms with Crippen molar-refractivity contribution in [1.82, 2.24) is 0 Å². The Hall–Kier alpha value is -1.06. The van der Waals surface area contributed by atoms with Crippen LogP contribution in [0.2, 0.25) is 0 Å². The largest absolute Gasteiger partial charge is 0.465 e. The van der Waals surface area contributed by atoms with Gasteiger partial charge < -0.3 is 9.47 Å². The molecule has 0 aromatic rings. The van der Waals surface area contributed by atoms with Crippen LogP contribution in [-0.2, 0) is 19.1 Å². The quantitative estimate of drug-likeness (QED) is 0.125. The second-order valence-electron chi connectivity index (χ2n) is 10.8. The van der Waals surface area contributed by atoms with Gasteiger partial charge in [0, 0.05) is 0 Å². The summed E-state index contributed by atoms with van der Waals surface area (Å²) >= 11 is 0. The number of hydrogen-bond acceptors (Lipinski definition) is 4. The molecule has 0 fully saturated rings. The van der Waals surface area contributed by atoms with Gasteiger partial charge in [0.2, 0.25) is 0 Å². The molecule has 0 aliphatic carbocycles. The van der Waals surface area contributed by atoms with Crippen LogP contribution in [0.4, 0.5) is 0 Å². The normalized spacial score (nSPS) is 16.0. The molecule has 0 aliphatic heterocycles. The summed E-state index contributed by atoms with van der Waals surface area (Å²) in [4.78, 5) is 25.4. The van der Waals surface area contributed by atoms with Crippen LogP contribution in [0.15, 0.2) is 0 Å². The van der Waals surface area contributed by atoms with Crippen LogP contribution in [0, 0.1) is 16.7 Å². The highest BCUT2D eigenvalue weighted by Gasteiger charge is 2.34. The minimum atomic E-state index is -0.379. The second-order valence-corrected chi connectivity index (χ2v) is 10.8. The van der Waals surface area contributed by atoms with E-state index >= 15 is 0 Å². The molecule has 196 valence electrons. The maximum absolute atomic E-state index is 12.8. The zero-order chi connectivity index (χ0) is 25.2. The molecule has 0 heterocycles. The Morgan fingerprint density at radius 2 is 1.09 bits per heavy atom. The summed E-state index contributed by atoms with van der Waals surface area (Å²) in [5.41, 5.74) is -0.746. The Balaban J connectivity index is 4.31. The van der Waals surface area contributed by atoms with E-state index in [1.807, 2.05) is 6.92 Å². The smallest absolute Gasteiger partial charge is 0.311 e. The van der Waals surface area contributed by atoms with E-state index in [1.54, 1.807) is 0 Å². The Kier molecular flexibility index (Phi) is 17.7. The molecule has 0 bridgehead atoms. The molecule has 3 atom stereocenters. The highest BCUT2D eigenvalue weighted by Crippen LogP contribution is 2.33. The van der Waals surface area contributed by atoms with Gasteiger partial charge in [-0.05, 0) is 58.3 Å². The fourth-order valence-corrected chi connectivity index (χ4v) is 4.86. The van der Waals surface area contributed by atoms with Crippen LogP contribution < -0.4 is 0 Å². The van der Waals surface area contributed by atoms with E-state index in [4.69, 9.17) is 9.47 Å². The monoisotopic (exact) mass is 468 g/mol. The number of carbonyl (C=O) groups is 2. The third-order valence-electron chi connectivity index (χ3n) is 7.13. The molecule has 0 aromatic carbocycles. The molecule has 0 aliphatic rings. The Labute approximate surface area is 206 Å². The molecule has 0 saturated heterocycles. The lowest BCUT2D eigenvalue weighted by atomic mass is 9.80.